The molecule has 2 aliphatic heterocycles. The molecule has 0 saturated carbocycles. The maximum atomic E-state index is 12.7. The van der Waals surface area contributed by atoms with Gasteiger partial charge in [-0.05, 0) is 12.8 Å². The molecule has 2 saturated heterocycles. The fourth-order valence-electron chi connectivity index (χ4n) is 3.81. The second kappa shape index (κ2) is 7.92. The number of benzene rings is 1. The number of amides is 1. The Balaban J connectivity index is 1.49. The molecule has 1 amide bonds. The summed E-state index contributed by atoms with van der Waals surface area (Å²) in [6, 6.07) is 11.4. The van der Waals surface area contributed by atoms with E-state index in [1.54, 1.807) is 6.07 Å². The van der Waals surface area contributed by atoms with Gasteiger partial charge in [-0.2, -0.15) is 5.10 Å². The Bertz CT molecular complexity index is 838. The molecule has 1 aromatic carbocycles. The number of carbonyl (C=O) groups excluding carboxylic acids is 1. The van der Waals surface area contributed by atoms with Crippen LogP contribution >= 0.6 is 0 Å². The summed E-state index contributed by atoms with van der Waals surface area (Å²) in [6.07, 6.45) is 1.63. The van der Waals surface area contributed by atoms with Crippen molar-refractivity contribution >= 4 is 11.6 Å². The summed E-state index contributed by atoms with van der Waals surface area (Å²) in [5.74, 6) is 0.330. The Hall–Kier alpha value is -2.67. The number of rotatable bonds is 3. The Labute approximate surface area is 157 Å². The van der Waals surface area contributed by atoms with Crippen molar-refractivity contribution in [3.8, 4) is 11.3 Å². The van der Waals surface area contributed by atoms with Gasteiger partial charge in [-0.15, -0.1) is 0 Å². The zero-order valence-electron chi connectivity index (χ0n) is 15.3. The predicted octanol–water partition coefficient (Wildman–Crippen LogP) is 1.51. The van der Waals surface area contributed by atoms with Gasteiger partial charge in [0.2, 0.25) is 5.91 Å². The molecule has 1 aromatic heterocycles. The van der Waals surface area contributed by atoms with Crippen LogP contribution in [0.2, 0.25) is 0 Å². The van der Waals surface area contributed by atoms with E-state index in [4.69, 9.17) is 4.74 Å². The van der Waals surface area contributed by atoms with E-state index >= 15 is 0 Å². The molecule has 0 bridgehead atoms. The maximum Gasteiger partial charge on any atom is 0.266 e. The molecule has 3 heterocycles. The number of aromatic nitrogens is 2. The van der Waals surface area contributed by atoms with Gasteiger partial charge in [0, 0.05) is 56.9 Å². The second-order valence-corrected chi connectivity index (χ2v) is 7.03. The number of piperazine rings is 1. The van der Waals surface area contributed by atoms with Gasteiger partial charge in [0.25, 0.3) is 5.56 Å². The number of aromatic amines is 1. The highest BCUT2D eigenvalue weighted by Gasteiger charge is 2.29. The average molecular weight is 368 g/mol. The van der Waals surface area contributed by atoms with Crippen LogP contribution in [-0.2, 0) is 9.53 Å². The zero-order chi connectivity index (χ0) is 18.6. The molecule has 2 aliphatic rings. The van der Waals surface area contributed by atoms with Gasteiger partial charge in [-0.25, -0.2) is 5.10 Å². The molecule has 0 unspecified atom stereocenters. The van der Waals surface area contributed by atoms with E-state index in [2.05, 4.69) is 15.1 Å². The van der Waals surface area contributed by atoms with E-state index in [1.807, 2.05) is 35.2 Å². The van der Waals surface area contributed by atoms with Crippen LogP contribution in [0.5, 0.6) is 0 Å². The SMILES string of the molecule is O=C(C1CCOCC1)N1CCN(c2cc(=O)[nH]nc2-c2ccccc2)CC1. The lowest BCUT2D eigenvalue weighted by Crippen LogP contribution is -2.51. The molecule has 2 aromatic rings. The monoisotopic (exact) mass is 368 g/mol. The number of H-pyrrole nitrogens is 1. The van der Waals surface area contributed by atoms with Crippen LogP contribution in [0.4, 0.5) is 5.69 Å². The molecule has 0 radical (unpaired) electrons. The van der Waals surface area contributed by atoms with Crippen LogP contribution in [0, 0.1) is 5.92 Å². The summed E-state index contributed by atoms with van der Waals surface area (Å²) >= 11 is 0. The molecule has 27 heavy (non-hydrogen) atoms. The minimum Gasteiger partial charge on any atom is -0.381 e. The lowest BCUT2D eigenvalue weighted by Gasteiger charge is -2.38. The fraction of sp³-hybridized carbons (Fsp3) is 0.450. The summed E-state index contributed by atoms with van der Waals surface area (Å²) in [6.45, 7) is 4.07. The first-order chi connectivity index (χ1) is 13.2. The van der Waals surface area contributed by atoms with Crippen LogP contribution in [-0.4, -0.2) is 60.4 Å². The minimum absolute atomic E-state index is 0.0893. The highest BCUT2D eigenvalue weighted by molar-refractivity contribution is 5.80. The minimum atomic E-state index is -0.217. The molecule has 4 rings (SSSR count). The van der Waals surface area contributed by atoms with Crippen molar-refractivity contribution in [2.24, 2.45) is 5.92 Å². The summed E-state index contributed by atoms with van der Waals surface area (Å²) in [5.41, 5.74) is 2.33. The topological polar surface area (TPSA) is 78.5 Å². The van der Waals surface area contributed by atoms with Gasteiger partial charge in [0.1, 0.15) is 5.69 Å². The first-order valence-corrected chi connectivity index (χ1v) is 9.49. The van der Waals surface area contributed by atoms with Gasteiger partial charge < -0.3 is 14.5 Å². The number of nitrogens with zero attached hydrogens (tertiary/aromatic N) is 3. The number of hydrogen-bond acceptors (Lipinski definition) is 5. The third-order valence-corrected chi connectivity index (χ3v) is 5.34. The Morgan fingerprint density at radius 1 is 1.07 bits per heavy atom. The van der Waals surface area contributed by atoms with Crippen LogP contribution in [0.1, 0.15) is 12.8 Å². The van der Waals surface area contributed by atoms with Crippen molar-refractivity contribution in [2.75, 3.05) is 44.3 Å². The molecule has 2 fully saturated rings. The largest absolute Gasteiger partial charge is 0.381 e. The van der Waals surface area contributed by atoms with E-state index in [-0.39, 0.29) is 17.4 Å². The van der Waals surface area contributed by atoms with Crippen LogP contribution < -0.4 is 10.5 Å². The first-order valence-electron chi connectivity index (χ1n) is 9.49. The Morgan fingerprint density at radius 3 is 2.48 bits per heavy atom. The summed E-state index contributed by atoms with van der Waals surface area (Å²) in [4.78, 5) is 28.7. The quantitative estimate of drug-likeness (QED) is 0.889. The van der Waals surface area contributed by atoms with Crippen LogP contribution in [0.15, 0.2) is 41.2 Å². The summed E-state index contributed by atoms with van der Waals surface area (Å²) < 4.78 is 5.36. The lowest BCUT2D eigenvalue weighted by molar-refractivity contribution is -0.138. The Kier molecular flexibility index (Phi) is 5.20. The fourth-order valence-corrected chi connectivity index (χ4v) is 3.81. The predicted molar refractivity (Wildman–Crippen MR) is 103 cm³/mol. The summed E-state index contributed by atoms with van der Waals surface area (Å²) in [7, 11) is 0. The third-order valence-electron chi connectivity index (χ3n) is 5.34. The smallest absolute Gasteiger partial charge is 0.266 e. The highest BCUT2D eigenvalue weighted by Crippen LogP contribution is 2.28. The maximum absolute atomic E-state index is 12.7. The van der Waals surface area contributed by atoms with Crippen molar-refractivity contribution in [3.05, 3.63) is 46.8 Å². The third kappa shape index (κ3) is 3.88. The number of hydrogen-bond donors (Lipinski definition) is 1. The van der Waals surface area contributed by atoms with Crippen molar-refractivity contribution in [2.45, 2.75) is 12.8 Å². The summed E-state index contributed by atoms with van der Waals surface area (Å²) in [5, 5.41) is 6.82. The second-order valence-electron chi connectivity index (χ2n) is 7.03. The van der Waals surface area contributed by atoms with Crippen molar-refractivity contribution in [3.63, 3.8) is 0 Å². The number of ether oxygens (including phenoxy) is 1. The van der Waals surface area contributed by atoms with Gasteiger partial charge in [0.15, 0.2) is 0 Å². The first kappa shape index (κ1) is 17.7. The van der Waals surface area contributed by atoms with Crippen LogP contribution in [0.25, 0.3) is 11.3 Å². The van der Waals surface area contributed by atoms with E-state index in [0.717, 1.165) is 29.8 Å². The van der Waals surface area contributed by atoms with E-state index in [9.17, 15) is 9.59 Å². The normalized spacial score (nSPS) is 18.5. The van der Waals surface area contributed by atoms with E-state index in [1.165, 1.54) is 0 Å². The van der Waals surface area contributed by atoms with Gasteiger partial charge in [-0.1, -0.05) is 30.3 Å². The Morgan fingerprint density at radius 2 is 1.78 bits per heavy atom. The van der Waals surface area contributed by atoms with E-state index < -0.39 is 0 Å². The number of carbonyl (C=O) groups is 1. The lowest BCUT2D eigenvalue weighted by atomic mass is 9.98. The molecule has 0 aliphatic carbocycles. The van der Waals surface area contributed by atoms with Crippen molar-refractivity contribution in [1.29, 1.82) is 0 Å². The zero-order valence-corrected chi connectivity index (χ0v) is 15.3. The molecule has 7 nitrogen and oxygen atoms in total. The standard InChI is InChI=1S/C20H24N4O3/c25-18-14-17(19(22-21-18)15-4-2-1-3-5-15)23-8-10-24(11-9-23)20(26)16-6-12-27-13-7-16/h1-5,14,16H,6-13H2,(H,21,25). The van der Waals surface area contributed by atoms with Gasteiger partial charge in [-0.3, -0.25) is 9.59 Å². The van der Waals surface area contributed by atoms with Crippen molar-refractivity contribution < 1.29 is 9.53 Å². The number of nitrogens with one attached hydrogen (secondary N) is 1. The number of anilines is 1. The van der Waals surface area contributed by atoms with Gasteiger partial charge in [0.05, 0.1) is 5.69 Å². The van der Waals surface area contributed by atoms with Gasteiger partial charge >= 0.3 is 0 Å². The van der Waals surface area contributed by atoms with E-state index in [0.29, 0.717) is 39.4 Å². The molecule has 7 heteroatoms. The molecular formula is C20H24N4O3. The molecule has 0 atom stereocenters. The van der Waals surface area contributed by atoms with Crippen molar-refractivity contribution in [1.82, 2.24) is 15.1 Å². The molecule has 1 N–H and O–H groups in total. The highest BCUT2D eigenvalue weighted by atomic mass is 16.5. The molecule has 0 spiro atoms. The molecule has 142 valence electrons. The molecular weight excluding hydrogens is 344 g/mol. The average Bonchev–Trinajstić information content (AvgIpc) is 2.74. The van der Waals surface area contributed by atoms with Crippen LogP contribution in [0.3, 0.4) is 0 Å².